The lowest BCUT2D eigenvalue weighted by Crippen LogP contribution is -2.44. The van der Waals surface area contributed by atoms with Gasteiger partial charge in [0.1, 0.15) is 0 Å². The number of benzene rings is 1. The van der Waals surface area contributed by atoms with Crippen molar-refractivity contribution >= 4 is 0 Å². The van der Waals surface area contributed by atoms with Crippen LogP contribution in [-0.4, -0.2) is 30.1 Å². The Kier molecular flexibility index (Phi) is 4.42. The first kappa shape index (κ1) is 14.1. The minimum Gasteiger partial charge on any atom is -0.329 e. The summed E-state index contributed by atoms with van der Waals surface area (Å²) >= 11 is 0. The third kappa shape index (κ3) is 3.62. The molecule has 0 aliphatic heterocycles. The summed E-state index contributed by atoms with van der Waals surface area (Å²) in [5, 5.41) is 0. The Bertz CT molecular complexity index is 409. The van der Waals surface area contributed by atoms with Crippen molar-refractivity contribution in [2.24, 2.45) is 11.7 Å². The Morgan fingerprint density at radius 3 is 2.40 bits per heavy atom. The summed E-state index contributed by atoms with van der Waals surface area (Å²) in [4.78, 5) is 2.75. The maximum atomic E-state index is 6.12. The highest BCUT2D eigenvalue weighted by atomic mass is 15.2. The van der Waals surface area contributed by atoms with Crippen LogP contribution in [0.4, 0.5) is 0 Å². The Morgan fingerprint density at radius 2 is 1.85 bits per heavy atom. The van der Waals surface area contributed by atoms with E-state index in [9.17, 15) is 0 Å². The highest BCUT2D eigenvalue weighted by Crippen LogP contribution is 2.37. The topological polar surface area (TPSA) is 29.3 Å². The average molecular weight is 272 g/mol. The Hall–Kier alpha value is -0.860. The van der Waals surface area contributed by atoms with Crippen LogP contribution < -0.4 is 5.73 Å². The maximum Gasteiger partial charge on any atom is 0.0227 e. The first-order valence-electron chi connectivity index (χ1n) is 8.28. The fraction of sp³-hybridized carbons (Fsp3) is 0.667. The van der Waals surface area contributed by atoms with Crippen molar-refractivity contribution < 1.29 is 0 Å². The minimum atomic E-state index is 0.568. The van der Waals surface area contributed by atoms with E-state index >= 15 is 0 Å². The molecule has 2 aliphatic carbocycles. The van der Waals surface area contributed by atoms with Crippen molar-refractivity contribution in [3.8, 4) is 0 Å². The van der Waals surface area contributed by atoms with E-state index in [2.05, 4.69) is 42.2 Å². The predicted molar refractivity (Wildman–Crippen MR) is 84.8 cm³/mol. The summed E-state index contributed by atoms with van der Waals surface area (Å²) in [6.07, 6.45) is 6.86. The lowest BCUT2D eigenvalue weighted by molar-refractivity contribution is 0.167. The van der Waals surface area contributed by atoms with E-state index in [1.807, 2.05) is 0 Å². The van der Waals surface area contributed by atoms with Crippen molar-refractivity contribution in [2.75, 3.05) is 13.1 Å². The van der Waals surface area contributed by atoms with Crippen LogP contribution in [0.25, 0.3) is 0 Å². The van der Waals surface area contributed by atoms with Crippen LogP contribution in [0.5, 0.6) is 0 Å². The fourth-order valence-corrected chi connectivity index (χ4v) is 3.29. The van der Waals surface area contributed by atoms with Crippen molar-refractivity contribution in [1.82, 2.24) is 4.90 Å². The van der Waals surface area contributed by atoms with E-state index in [-0.39, 0.29) is 0 Å². The monoisotopic (exact) mass is 272 g/mol. The van der Waals surface area contributed by atoms with Gasteiger partial charge in [-0.25, -0.2) is 0 Å². The van der Waals surface area contributed by atoms with Gasteiger partial charge in [0.15, 0.2) is 0 Å². The van der Waals surface area contributed by atoms with Crippen LogP contribution in [0.2, 0.25) is 0 Å². The molecule has 0 bridgehead atoms. The quantitative estimate of drug-likeness (QED) is 0.786. The van der Waals surface area contributed by atoms with E-state index in [4.69, 9.17) is 5.73 Å². The molecule has 0 amide bonds. The number of nitrogens with zero attached hydrogens (tertiary/aromatic N) is 1. The first-order valence-corrected chi connectivity index (χ1v) is 8.28. The molecule has 0 heterocycles. The molecule has 2 unspecified atom stereocenters. The van der Waals surface area contributed by atoms with Crippen LogP contribution in [0.15, 0.2) is 30.3 Å². The minimum absolute atomic E-state index is 0.568. The van der Waals surface area contributed by atoms with Crippen LogP contribution in [-0.2, 0) is 0 Å². The molecule has 2 aliphatic rings. The molecular weight excluding hydrogens is 244 g/mol. The highest BCUT2D eigenvalue weighted by Gasteiger charge is 2.37. The standard InChI is InChI=1S/C18H28N2/c1-14(16-5-3-2-4-6-16)11-18(12-19)20(17-9-10-17)13-15-7-8-15/h2-6,14-15,17-18H,7-13,19H2,1H3. The smallest absolute Gasteiger partial charge is 0.0227 e. The van der Waals surface area contributed by atoms with Gasteiger partial charge < -0.3 is 5.73 Å². The summed E-state index contributed by atoms with van der Waals surface area (Å²) < 4.78 is 0. The second-order valence-corrected chi connectivity index (χ2v) is 6.81. The first-order chi connectivity index (χ1) is 9.78. The van der Waals surface area contributed by atoms with Gasteiger partial charge in [-0.15, -0.1) is 0 Å². The molecule has 20 heavy (non-hydrogen) atoms. The number of hydrogen-bond donors (Lipinski definition) is 1. The van der Waals surface area contributed by atoms with Gasteiger partial charge in [-0.1, -0.05) is 37.3 Å². The lowest BCUT2D eigenvalue weighted by Gasteiger charge is -2.33. The van der Waals surface area contributed by atoms with Crippen LogP contribution >= 0.6 is 0 Å². The van der Waals surface area contributed by atoms with Crippen LogP contribution in [0.1, 0.15) is 50.5 Å². The maximum absolute atomic E-state index is 6.12. The molecule has 3 rings (SSSR count). The predicted octanol–water partition coefficient (Wildman–Crippen LogP) is 3.38. The third-order valence-electron chi connectivity index (χ3n) is 4.92. The number of hydrogen-bond acceptors (Lipinski definition) is 2. The van der Waals surface area contributed by atoms with Crippen molar-refractivity contribution in [3.63, 3.8) is 0 Å². The molecule has 0 radical (unpaired) electrons. The molecule has 0 aromatic heterocycles. The largest absolute Gasteiger partial charge is 0.329 e. The molecule has 1 aromatic rings. The number of nitrogens with two attached hydrogens (primary N) is 1. The van der Waals surface area contributed by atoms with Gasteiger partial charge in [-0.2, -0.15) is 0 Å². The normalized spacial score (nSPS) is 21.9. The zero-order valence-electron chi connectivity index (χ0n) is 12.7. The van der Waals surface area contributed by atoms with Crippen molar-refractivity contribution in [1.29, 1.82) is 0 Å². The molecule has 0 spiro atoms. The molecule has 110 valence electrons. The van der Waals surface area contributed by atoms with Gasteiger partial charge in [0, 0.05) is 25.2 Å². The molecule has 1 aromatic carbocycles. The van der Waals surface area contributed by atoms with Crippen LogP contribution in [0.3, 0.4) is 0 Å². The van der Waals surface area contributed by atoms with Crippen molar-refractivity contribution in [2.45, 2.75) is 57.0 Å². The highest BCUT2D eigenvalue weighted by molar-refractivity contribution is 5.19. The Morgan fingerprint density at radius 1 is 1.15 bits per heavy atom. The van der Waals surface area contributed by atoms with E-state index in [0.29, 0.717) is 12.0 Å². The van der Waals surface area contributed by atoms with Gasteiger partial charge in [0.25, 0.3) is 0 Å². The Labute approximate surface area is 123 Å². The second-order valence-electron chi connectivity index (χ2n) is 6.81. The molecule has 2 saturated carbocycles. The molecular formula is C18H28N2. The number of rotatable bonds is 8. The SMILES string of the molecule is CC(CC(CN)N(CC1CC1)C1CC1)c1ccccc1. The zero-order chi connectivity index (χ0) is 13.9. The molecule has 2 fully saturated rings. The van der Waals surface area contributed by atoms with Crippen molar-refractivity contribution in [3.05, 3.63) is 35.9 Å². The second kappa shape index (κ2) is 6.28. The summed E-state index contributed by atoms with van der Waals surface area (Å²) in [5.74, 6) is 1.57. The average Bonchev–Trinajstić information content (AvgIpc) is 3.37. The fourth-order valence-electron chi connectivity index (χ4n) is 3.29. The lowest BCUT2D eigenvalue weighted by atomic mass is 9.93. The summed E-state index contributed by atoms with van der Waals surface area (Å²) in [6.45, 7) is 4.45. The molecule has 0 saturated heterocycles. The third-order valence-corrected chi connectivity index (χ3v) is 4.92. The van der Waals surface area contributed by atoms with Crippen LogP contribution in [0, 0.1) is 5.92 Å². The molecule has 2 atom stereocenters. The summed E-state index contributed by atoms with van der Waals surface area (Å²) in [6, 6.07) is 12.3. The summed E-state index contributed by atoms with van der Waals surface area (Å²) in [7, 11) is 0. The van der Waals surface area contributed by atoms with E-state index in [1.165, 1.54) is 44.2 Å². The zero-order valence-corrected chi connectivity index (χ0v) is 12.7. The molecule has 2 N–H and O–H groups in total. The van der Waals surface area contributed by atoms with E-state index in [1.54, 1.807) is 0 Å². The van der Waals surface area contributed by atoms with Gasteiger partial charge in [0.05, 0.1) is 0 Å². The van der Waals surface area contributed by atoms with Gasteiger partial charge in [-0.3, -0.25) is 4.90 Å². The Balaban J connectivity index is 1.62. The van der Waals surface area contributed by atoms with Gasteiger partial charge in [0.2, 0.25) is 0 Å². The van der Waals surface area contributed by atoms with E-state index in [0.717, 1.165) is 18.5 Å². The molecule has 2 nitrogen and oxygen atoms in total. The van der Waals surface area contributed by atoms with Gasteiger partial charge in [-0.05, 0) is 49.5 Å². The summed E-state index contributed by atoms with van der Waals surface area (Å²) in [5.41, 5.74) is 7.57. The van der Waals surface area contributed by atoms with Gasteiger partial charge >= 0.3 is 0 Å². The molecule has 2 heteroatoms. The van der Waals surface area contributed by atoms with E-state index < -0.39 is 0 Å².